The van der Waals surface area contributed by atoms with Gasteiger partial charge in [-0.25, -0.2) is 18.4 Å². The topological polar surface area (TPSA) is 228 Å². The molecule has 6 amide bonds. The SMILES string of the molecule is CCC(=O)CCNC(=O)[C@H]1CCCC[C@H]1NC(=O)N[C@@](Cc1ccccc1)(c1cc(F)cc(OC(F)(F)C(F)F)c1)c1ccc(Cl)cn1.CCOC(=O)CCCCCNC(=O)[C@H]1CCCC[C@H]1NC(=O)N[C@@](Cc1ccccc1)(c1cc(F)cc(OC(F)(F)C(F)F)c1)c1ccc(Cl)cn1. The maximum absolute atomic E-state index is 15.2. The monoisotopic (exact) mass is 1450 g/mol. The Kier molecular flexibility index (Phi) is 29.2. The largest absolute Gasteiger partial charge is 0.466 e. The molecule has 0 radical (unpaired) electrons. The van der Waals surface area contributed by atoms with E-state index < -0.39 is 95.3 Å². The van der Waals surface area contributed by atoms with Crippen molar-refractivity contribution in [1.82, 2.24) is 41.9 Å². The highest BCUT2D eigenvalue weighted by molar-refractivity contribution is 6.30. The van der Waals surface area contributed by atoms with Crippen molar-refractivity contribution in [2.24, 2.45) is 11.8 Å². The van der Waals surface area contributed by atoms with Gasteiger partial charge in [-0.3, -0.25) is 29.1 Å². The first kappa shape index (κ1) is 78.6. The average Bonchev–Trinajstić information content (AvgIpc) is 0.765. The van der Waals surface area contributed by atoms with Crippen molar-refractivity contribution in [3.63, 3.8) is 0 Å². The van der Waals surface area contributed by atoms with E-state index in [0.717, 1.165) is 49.9 Å². The minimum Gasteiger partial charge on any atom is -0.466 e. The molecule has 2 aliphatic carbocycles. The van der Waals surface area contributed by atoms with Crippen molar-refractivity contribution in [3.8, 4) is 11.5 Å². The lowest BCUT2D eigenvalue weighted by molar-refractivity contribution is -0.253. The number of carbonyl (C=O) groups excluding carboxylic acids is 6. The van der Waals surface area contributed by atoms with E-state index in [1.807, 2.05) is 0 Å². The summed E-state index contributed by atoms with van der Waals surface area (Å²) in [5.41, 5.74) is -2.43. The third-order valence-corrected chi connectivity index (χ3v) is 17.4. The zero-order chi connectivity index (χ0) is 72.6. The lowest BCUT2D eigenvalue weighted by Gasteiger charge is -2.37. The zero-order valence-corrected chi connectivity index (χ0v) is 56.2. The molecule has 2 aliphatic rings. The molecule has 6 N–H and O–H groups in total. The standard InChI is InChI=1S/C37H42ClF5N4O5.C34H36ClF5N4O4/c1-2-51-32(48)15-7-4-10-18-44-33(49)29-13-8-9-14-30(29)46-35(50)47-36(22-24-11-5-3-6-12-24,31-17-16-26(38)23-45-31)25-19-27(39)21-28(20-25)52-37(42,43)34(40)41;1-2-25(45)14-15-41-30(46)27-10-6-7-11-28(27)43-32(47)44-33(19-21-8-4-3-5-9-21,29-13-12-23(35)20-42-29)22-16-24(36)18-26(17-22)48-34(39,40)31(37)38/h3,5-6,11-12,16-17,19-21,23,29-30,34H,2,4,7-10,13-15,18,22H2,1H3,(H,44,49)(H2,46,47,50);3-5,8-9,12-13,16-18,20,27-28,31H,2,6-7,10-11,14-15,19H2,1H3,(H,41,46)(H2,43,44,47)/t29-,30+,36-;27-,28+,33-/m00/s1. The highest BCUT2D eigenvalue weighted by Gasteiger charge is 2.47. The first-order chi connectivity index (χ1) is 47.6. The summed E-state index contributed by atoms with van der Waals surface area (Å²) in [7, 11) is 0. The van der Waals surface area contributed by atoms with E-state index in [2.05, 4.69) is 51.3 Å². The van der Waals surface area contributed by atoms with Crippen LogP contribution in [0.2, 0.25) is 10.0 Å². The molecule has 2 heterocycles. The fraction of sp³-hybridized carbons (Fsp3) is 0.437. The van der Waals surface area contributed by atoms with Crippen LogP contribution < -0.4 is 41.4 Å². The van der Waals surface area contributed by atoms with E-state index in [1.54, 1.807) is 74.5 Å². The highest BCUT2D eigenvalue weighted by Crippen LogP contribution is 2.40. The normalized spacial score (nSPS) is 17.4. The van der Waals surface area contributed by atoms with E-state index in [9.17, 15) is 63.9 Å². The van der Waals surface area contributed by atoms with Crippen LogP contribution in [0.5, 0.6) is 11.5 Å². The van der Waals surface area contributed by atoms with Crippen molar-refractivity contribution < 1.29 is 86.9 Å². The Bertz CT molecular complexity index is 3670. The molecule has 2 saturated carbocycles. The van der Waals surface area contributed by atoms with Crippen LogP contribution in [-0.4, -0.2) is 102 Å². The highest BCUT2D eigenvalue weighted by atomic mass is 35.5. The third kappa shape index (κ3) is 22.6. The van der Waals surface area contributed by atoms with Gasteiger partial charge in [0.2, 0.25) is 11.8 Å². The Hall–Kier alpha value is -8.72. The molecule has 6 atom stereocenters. The van der Waals surface area contributed by atoms with Gasteiger partial charge in [0.1, 0.15) is 40.0 Å². The minimum atomic E-state index is -4.93. The van der Waals surface area contributed by atoms with Gasteiger partial charge in [-0.2, -0.15) is 35.1 Å². The molecule has 8 rings (SSSR count). The molecule has 540 valence electrons. The fourth-order valence-electron chi connectivity index (χ4n) is 12.1. The number of nitrogens with zero attached hydrogens (tertiary/aromatic N) is 2. The number of benzene rings is 4. The van der Waals surface area contributed by atoms with Crippen LogP contribution in [0.25, 0.3) is 0 Å². The van der Waals surface area contributed by atoms with Crippen molar-refractivity contribution >= 4 is 58.8 Å². The molecule has 0 bridgehead atoms. The van der Waals surface area contributed by atoms with E-state index in [0.29, 0.717) is 94.2 Å². The van der Waals surface area contributed by atoms with Crippen LogP contribution in [-0.2, 0) is 47.8 Å². The number of ether oxygens (including phenoxy) is 3. The third-order valence-electron chi connectivity index (χ3n) is 16.9. The van der Waals surface area contributed by atoms with Gasteiger partial charge in [0.05, 0.1) is 39.9 Å². The van der Waals surface area contributed by atoms with Gasteiger partial charge in [0.25, 0.3) is 0 Å². The second kappa shape index (κ2) is 37.1. The van der Waals surface area contributed by atoms with Crippen LogP contribution >= 0.6 is 23.2 Å². The molecule has 6 aromatic rings. The van der Waals surface area contributed by atoms with Gasteiger partial charge in [-0.05, 0) is 116 Å². The summed E-state index contributed by atoms with van der Waals surface area (Å²) in [6.45, 7) is 4.34. The van der Waals surface area contributed by atoms with E-state index in [1.165, 1.54) is 36.7 Å². The van der Waals surface area contributed by atoms with Crippen LogP contribution in [0.15, 0.2) is 134 Å². The quantitative estimate of drug-likeness (QED) is 0.0136. The summed E-state index contributed by atoms with van der Waals surface area (Å²) in [5, 5.41) is 17.7. The summed E-state index contributed by atoms with van der Waals surface area (Å²) < 4.78 is 152. The number of nitrogens with one attached hydrogen (secondary N) is 6. The summed E-state index contributed by atoms with van der Waals surface area (Å²) in [6.07, 6.45) is -8.18. The number of carbonyl (C=O) groups is 6. The molecule has 100 heavy (non-hydrogen) atoms. The Morgan fingerprint density at radius 1 is 0.540 bits per heavy atom. The second-order valence-corrected chi connectivity index (χ2v) is 25.0. The van der Waals surface area contributed by atoms with Gasteiger partial charge in [0, 0.05) is 81.8 Å². The number of alkyl halides is 8. The molecule has 0 aliphatic heterocycles. The minimum absolute atomic E-state index is 0.00222. The predicted octanol–water partition coefficient (Wildman–Crippen LogP) is 14.6. The number of hydrogen-bond acceptors (Lipinski definition) is 11. The number of unbranched alkanes of at least 4 members (excludes halogenated alkanes) is 2. The number of halogens is 12. The number of pyridine rings is 2. The molecule has 17 nitrogen and oxygen atoms in total. The molecule has 4 aromatic carbocycles. The smallest absolute Gasteiger partial charge is 0.461 e. The van der Waals surface area contributed by atoms with Crippen LogP contribution in [0.4, 0.5) is 53.5 Å². The van der Waals surface area contributed by atoms with E-state index in [-0.39, 0.29) is 81.9 Å². The predicted molar refractivity (Wildman–Crippen MR) is 352 cm³/mol. The molecule has 29 heteroatoms. The van der Waals surface area contributed by atoms with Crippen molar-refractivity contribution in [3.05, 3.63) is 189 Å². The van der Waals surface area contributed by atoms with Crippen LogP contribution in [0.1, 0.15) is 137 Å². The number of esters is 1. The lowest BCUT2D eigenvalue weighted by Crippen LogP contribution is -2.57. The Morgan fingerprint density at radius 2 is 0.970 bits per heavy atom. The molecule has 0 saturated heterocycles. The maximum Gasteiger partial charge on any atom is 0.461 e. The van der Waals surface area contributed by atoms with Crippen molar-refractivity contribution in [2.45, 2.75) is 165 Å². The van der Waals surface area contributed by atoms with Crippen molar-refractivity contribution in [1.29, 1.82) is 0 Å². The average molecular weight is 1450 g/mol. The molecular formula is C71H78Cl2F10N8O9. The molecule has 2 fully saturated rings. The van der Waals surface area contributed by atoms with Gasteiger partial charge >= 0.3 is 43.1 Å². The lowest BCUT2D eigenvalue weighted by atomic mass is 9.80. The number of rotatable bonds is 31. The Morgan fingerprint density at radius 3 is 1.37 bits per heavy atom. The summed E-state index contributed by atoms with van der Waals surface area (Å²) in [6, 6.07) is 25.2. The maximum atomic E-state index is 15.2. The van der Waals surface area contributed by atoms with Crippen LogP contribution in [0, 0.1) is 23.5 Å². The molecule has 0 unspecified atom stereocenters. The summed E-state index contributed by atoms with van der Waals surface area (Å²) in [4.78, 5) is 86.4. The number of hydrogen-bond donors (Lipinski definition) is 6. The molecule has 2 aromatic heterocycles. The molecule has 0 spiro atoms. The first-order valence-electron chi connectivity index (χ1n) is 32.7. The number of amides is 6. The van der Waals surface area contributed by atoms with Gasteiger partial charge in [-0.15, -0.1) is 0 Å². The fourth-order valence-corrected chi connectivity index (χ4v) is 12.3. The second-order valence-electron chi connectivity index (χ2n) is 24.2. The number of Topliss-reactive ketones (excluding diaryl/α,β-unsaturated/α-hetero) is 1. The summed E-state index contributed by atoms with van der Waals surface area (Å²) in [5.74, 6) is -6.01. The van der Waals surface area contributed by atoms with Gasteiger partial charge in [-0.1, -0.05) is 123 Å². The van der Waals surface area contributed by atoms with E-state index in [4.69, 9.17) is 27.9 Å². The first-order valence-corrected chi connectivity index (χ1v) is 33.5. The molecular weight excluding hydrogens is 1370 g/mol. The van der Waals surface area contributed by atoms with Crippen molar-refractivity contribution in [2.75, 3.05) is 19.7 Å². The Balaban J connectivity index is 0.000000282. The zero-order valence-electron chi connectivity index (χ0n) is 54.7. The number of ketones is 1. The van der Waals surface area contributed by atoms with Gasteiger partial charge < -0.3 is 46.1 Å². The number of aromatic nitrogens is 2. The van der Waals surface area contributed by atoms with E-state index >= 15 is 8.78 Å². The number of urea groups is 2. The Labute approximate surface area is 582 Å². The summed E-state index contributed by atoms with van der Waals surface area (Å²) >= 11 is 12.2. The van der Waals surface area contributed by atoms with Crippen LogP contribution in [0.3, 0.4) is 0 Å². The van der Waals surface area contributed by atoms with Gasteiger partial charge in [0.15, 0.2) is 0 Å².